The monoisotopic (exact) mass is 372 g/mol. The van der Waals surface area contributed by atoms with Gasteiger partial charge in [-0.1, -0.05) is 73.5 Å². The van der Waals surface area contributed by atoms with E-state index in [1.807, 2.05) is 0 Å². The summed E-state index contributed by atoms with van der Waals surface area (Å²) in [6.07, 6.45) is 4.23. The first-order valence-electron chi connectivity index (χ1n) is 9.89. The van der Waals surface area contributed by atoms with Crippen LogP contribution in [0.15, 0.2) is 72.8 Å². The molecule has 1 N–H and O–H groups in total. The van der Waals surface area contributed by atoms with Crippen LogP contribution in [-0.4, -0.2) is 17.7 Å². The summed E-state index contributed by atoms with van der Waals surface area (Å²) in [4.78, 5) is 11.2. The first kappa shape index (κ1) is 18.3. The minimum absolute atomic E-state index is 0.224. The Labute approximate surface area is 165 Å². The van der Waals surface area contributed by atoms with Gasteiger partial charge in [0.25, 0.3) is 0 Å². The number of fused-ring (bicyclic) bond motifs is 3. The summed E-state index contributed by atoms with van der Waals surface area (Å²) >= 11 is 0. The Kier molecular flexibility index (Phi) is 5.43. The van der Waals surface area contributed by atoms with Crippen LogP contribution in [0, 0.1) is 0 Å². The fraction of sp³-hybridized carbons (Fsp3) is 0.240. The minimum Gasteiger partial charge on any atom is -0.493 e. The third-order valence-corrected chi connectivity index (χ3v) is 5.47. The predicted octanol–water partition coefficient (Wildman–Crippen LogP) is 6.14. The molecule has 142 valence electrons. The highest BCUT2D eigenvalue weighted by Gasteiger charge is 2.27. The normalized spacial score (nSPS) is 12.4. The van der Waals surface area contributed by atoms with Crippen molar-refractivity contribution < 1.29 is 14.6 Å². The number of hydrogen-bond donors (Lipinski definition) is 1. The molecule has 0 fully saturated rings. The number of hydrogen-bond acceptors (Lipinski definition) is 2. The second kappa shape index (κ2) is 8.30. The van der Waals surface area contributed by atoms with Gasteiger partial charge in [0.1, 0.15) is 11.3 Å². The average Bonchev–Trinajstić information content (AvgIpc) is 3.05. The number of ether oxygens (including phenoxy) is 1. The summed E-state index contributed by atoms with van der Waals surface area (Å²) in [7, 11) is 0. The maximum absolute atomic E-state index is 11.2. The van der Waals surface area contributed by atoms with Crippen molar-refractivity contribution in [3.8, 4) is 16.9 Å². The molecule has 3 heteroatoms. The number of carboxylic acids is 1. The SMILES string of the molecule is O=C(O)c1ccccc1OCCCCCC1c2ccccc2-c2ccccc21. The van der Waals surface area contributed by atoms with E-state index in [1.54, 1.807) is 24.3 Å². The van der Waals surface area contributed by atoms with Crippen molar-refractivity contribution in [2.75, 3.05) is 6.61 Å². The zero-order valence-electron chi connectivity index (χ0n) is 15.8. The van der Waals surface area contributed by atoms with Crippen LogP contribution in [0.2, 0.25) is 0 Å². The van der Waals surface area contributed by atoms with Crippen LogP contribution >= 0.6 is 0 Å². The molecule has 0 heterocycles. The fourth-order valence-electron chi connectivity index (χ4n) is 4.15. The molecule has 1 aliphatic rings. The highest BCUT2D eigenvalue weighted by atomic mass is 16.5. The van der Waals surface area contributed by atoms with Gasteiger partial charge < -0.3 is 9.84 Å². The molecule has 0 amide bonds. The molecule has 0 unspecified atom stereocenters. The van der Waals surface area contributed by atoms with Gasteiger partial charge in [0.15, 0.2) is 0 Å². The number of aromatic carboxylic acids is 1. The molecule has 0 aromatic heterocycles. The van der Waals surface area contributed by atoms with E-state index in [0.29, 0.717) is 18.3 Å². The Morgan fingerprint density at radius 3 is 2.07 bits per heavy atom. The van der Waals surface area contributed by atoms with Gasteiger partial charge in [0, 0.05) is 5.92 Å². The van der Waals surface area contributed by atoms with E-state index >= 15 is 0 Å². The summed E-state index contributed by atoms with van der Waals surface area (Å²) in [5, 5.41) is 9.21. The van der Waals surface area contributed by atoms with E-state index in [1.165, 1.54) is 22.3 Å². The van der Waals surface area contributed by atoms with Gasteiger partial charge >= 0.3 is 5.97 Å². The van der Waals surface area contributed by atoms with Crippen molar-refractivity contribution in [1.29, 1.82) is 0 Å². The number of rotatable bonds is 8. The minimum atomic E-state index is -0.950. The summed E-state index contributed by atoms with van der Waals surface area (Å²) in [5.41, 5.74) is 5.85. The quantitative estimate of drug-likeness (QED) is 0.483. The molecule has 4 rings (SSSR count). The van der Waals surface area contributed by atoms with Gasteiger partial charge in [0.05, 0.1) is 6.61 Å². The van der Waals surface area contributed by atoms with Gasteiger partial charge in [-0.2, -0.15) is 0 Å². The molecule has 0 bridgehead atoms. The maximum atomic E-state index is 11.2. The van der Waals surface area contributed by atoms with Crippen LogP contribution in [0.4, 0.5) is 0 Å². The van der Waals surface area contributed by atoms with Crippen LogP contribution in [0.5, 0.6) is 5.75 Å². The third-order valence-electron chi connectivity index (χ3n) is 5.47. The van der Waals surface area contributed by atoms with Gasteiger partial charge in [-0.15, -0.1) is 0 Å². The molecule has 28 heavy (non-hydrogen) atoms. The predicted molar refractivity (Wildman–Crippen MR) is 111 cm³/mol. The maximum Gasteiger partial charge on any atom is 0.339 e. The Bertz CT molecular complexity index is 931. The fourth-order valence-corrected chi connectivity index (χ4v) is 4.15. The molecule has 0 spiro atoms. The zero-order valence-corrected chi connectivity index (χ0v) is 15.8. The van der Waals surface area contributed by atoms with E-state index in [0.717, 1.165) is 25.7 Å². The molecule has 0 saturated carbocycles. The van der Waals surface area contributed by atoms with Crippen molar-refractivity contribution in [2.45, 2.75) is 31.6 Å². The molecule has 0 radical (unpaired) electrons. The van der Waals surface area contributed by atoms with E-state index in [9.17, 15) is 9.90 Å². The smallest absolute Gasteiger partial charge is 0.339 e. The number of unbranched alkanes of at least 4 members (excludes halogenated alkanes) is 2. The Balaban J connectivity index is 1.30. The summed E-state index contributed by atoms with van der Waals surface area (Å²) in [5.74, 6) is -0.0242. The first-order chi connectivity index (χ1) is 13.8. The molecular formula is C25H24O3. The number of carbonyl (C=O) groups is 1. The number of benzene rings is 3. The first-order valence-corrected chi connectivity index (χ1v) is 9.89. The van der Waals surface area contributed by atoms with Gasteiger partial charge in [-0.05, 0) is 47.2 Å². The highest BCUT2D eigenvalue weighted by Crippen LogP contribution is 2.46. The standard InChI is InChI=1S/C25H24O3/c26-25(27)23-15-7-8-16-24(23)28-17-9-1-2-10-18-19-11-3-5-13-21(19)22-14-6-4-12-20(18)22/h3-8,11-16,18H,1-2,9-10,17H2,(H,26,27). The molecular weight excluding hydrogens is 348 g/mol. The second-order valence-corrected chi connectivity index (χ2v) is 7.23. The Hall–Kier alpha value is -3.07. The van der Waals surface area contributed by atoms with Gasteiger partial charge in [0.2, 0.25) is 0 Å². The lowest BCUT2D eigenvalue weighted by Crippen LogP contribution is -2.04. The van der Waals surface area contributed by atoms with Crippen molar-refractivity contribution >= 4 is 5.97 Å². The van der Waals surface area contributed by atoms with E-state index in [4.69, 9.17) is 4.74 Å². The Morgan fingerprint density at radius 1 is 0.786 bits per heavy atom. The molecule has 0 saturated heterocycles. The third kappa shape index (κ3) is 3.65. The highest BCUT2D eigenvalue weighted by molar-refractivity contribution is 5.90. The molecule has 3 nitrogen and oxygen atoms in total. The van der Waals surface area contributed by atoms with E-state index in [2.05, 4.69) is 48.5 Å². The van der Waals surface area contributed by atoms with E-state index < -0.39 is 5.97 Å². The lowest BCUT2D eigenvalue weighted by atomic mass is 9.91. The van der Waals surface area contributed by atoms with Crippen LogP contribution < -0.4 is 4.74 Å². The molecule has 0 aliphatic heterocycles. The van der Waals surface area contributed by atoms with Crippen LogP contribution in [0.25, 0.3) is 11.1 Å². The van der Waals surface area contributed by atoms with Crippen molar-refractivity contribution in [3.63, 3.8) is 0 Å². The number of carboxylic acid groups (broad SMARTS) is 1. The molecule has 0 atom stereocenters. The van der Waals surface area contributed by atoms with Crippen molar-refractivity contribution in [3.05, 3.63) is 89.5 Å². The topological polar surface area (TPSA) is 46.5 Å². The van der Waals surface area contributed by atoms with Crippen LogP contribution in [-0.2, 0) is 0 Å². The van der Waals surface area contributed by atoms with Crippen molar-refractivity contribution in [1.82, 2.24) is 0 Å². The molecule has 3 aromatic carbocycles. The van der Waals surface area contributed by atoms with Crippen molar-refractivity contribution in [2.24, 2.45) is 0 Å². The largest absolute Gasteiger partial charge is 0.493 e. The lowest BCUT2D eigenvalue weighted by molar-refractivity contribution is 0.0692. The zero-order chi connectivity index (χ0) is 19.3. The van der Waals surface area contributed by atoms with Gasteiger partial charge in [-0.25, -0.2) is 4.79 Å². The Morgan fingerprint density at radius 2 is 1.39 bits per heavy atom. The van der Waals surface area contributed by atoms with Crippen LogP contribution in [0.1, 0.15) is 53.1 Å². The van der Waals surface area contributed by atoms with Gasteiger partial charge in [-0.3, -0.25) is 0 Å². The lowest BCUT2D eigenvalue weighted by Gasteiger charge is -2.14. The second-order valence-electron chi connectivity index (χ2n) is 7.23. The summed E-state index contributed by atoms with van der Waals surface area (Å²) in [6, 6.07) is 24.3. The molecule has 1 aliphatic carbocycles. The summed E-state index contributed by atoms with van der Waals surface area (Å²) in [6.45, 7) is 0.544. The average molecular weight is 372 g/mol. The number of para-hydroxylation sites is 1. The molecule has 3 aromatic rings. The van der Waals surface area contributed by atoms with E-state index in [-0.39, 0.29) is 5.56 Å². The summed E-state index contributed by atoms with van der Waals surface area (Å²) < 4.78 is 5.70. The van der Waals surface area contributed by atoms with Crippen LogP contribution in [0.3, 0.4) is 0 Å².